The molecule has 0 aromatic carbocycles. The van der Waals surface area contributed by atoms with Gasteiger partial charge >= 0.3 is 0 Å². The smallest absolute Gasteiger partial charge is 0.133 e. The summed E-state index contributed by atoms with van der Waals surface area (Å²) in [5.74, 6) is 1.14. The number of aromatic nitrogens is 1. The van der Waals surface area contributed by atoms with E-state index in [4.69, 9.17) is 5.11 Å². The van der Waals surface area contributed by atoms with Crippen molar-refractivity contribution in [2.75, 3.05) is 0 Å². The Morgan fingerprint density at radius 2 is 2.25 bits per heavy atom. The summed E-state index contributed by atoms with van der Waals surface area (Å²) < 4.78 is 0. The second-order valence-electron chi connectivity index (χ2n) is 2.87. The van der Waals surface area contributed by atoms with Gasteiger partial charge in [-0.15, -0.1) is 0 Å². The zero-order chi connectivity index (χ0) is 8.97. The van der Waals surface area contributed by atoms with Crippen LogP contribution < -0.4 is 0 Å². The number of hydrogen-bond acceptors (Lipinski definition) is 3. The first-order valence-electron chi connectivity index (χ1n) is 3.94. The van der Waals surface area contributed by atoms with Gasteiger partial charge in [-0.2, -0.15) is 11.8 Å². The molecule has 2 nitrogen and oxygen atoms in total. The van der Waals surface area contributed by atoms with Crippen LogP contribution in [0.1, 0.15) is 19.5 Å². The topological polar surface area (TPSA) is 33.1 Å². The van der Waals surface area contributed by atoms with E-state index in [2.05, 4.69) is 18.8 Å². The Hall–Kier alpha value is -0.700. The van der Waals surface area contributed by atoms with Gasteiger partial charge in [0.1, 0.15) is 5.75 Å². The summed E-state index contributed by atoms with van der Waals surface area (Å²) in [7, 11) is 0. The van der Waals surface area contributed by atoms with Crippen LogP contribution in [0, 0.1) is 0 Å². The predicted octanol–water partition coefficient (Wildman–Crippen LogP) is 2.43. The van der Waals surface area contributed by atoms with Gasteiger partial charge in [0.15, 0.2) is 0 Å². The fraction of sp³-hybridized carbons (Fsp3) is 0.444. The summed E-state index contributed by atoms with van der Waals surface area (Å²) in [6, 6.07) is 3.52. The average Bonchev–Trinajstić information content (AvgIpc) is 2.03. The standard InChI is InChI=1S/C9H13NOS/c1-7(2)12-6-8-3-4-9(11)5-10-8/h3-5,7,11H,6H2,1-2H3. The highest BCUT2D eigenvalue weighted by Gasteiger charge is 1.97. The van der Waals surface area contributed by atoms with E-state index in [0.717, 1.165) is 11.4 Å². The molecular formula is C9H13NOS. The lowest BCUT2D eigenvalue weighted by molar-refractivity contribution is 0.472. The molecule has 1 N–H and O–H groups in total. The maximum Gasteiger partial charge on any atom is 0.133 e. The lowest BCUT2D eigenvalue weighted by atomic mass is 10.4. The molecule has 1 heterocycles. The van der Waals surface area contributed by atoms with Crippen molar-refractivity contribution in [2.24, 2.45) is 0 Å². The van der Waals surface area contributed by atoms with Crippen LogP contribution in [-0.4, -0.2) is 15.3 Å². The minimum Gasteiger partial charge on any atom is -0.506 e. The largest absolute Gasteiger partial charge is 0.506 e. The van der Waals surface area contributed by atoms with Crippen LogP contribution in [0.15, 0.2) is 18.3 Å². The van der Waals surface area contributed by atoms with E-state index in [1.165, 1.54) is 6.20 Å². The molecule has 0 fully saturated rings. The van der Waals surface area contributed by atoms with Crippen molar-refractivity contribution in [2.45, 2.75) is 24.9 Å². The Balaban J connectivity index is 2.48. The first kappa shape index (κ1) is 9.39. The molecule has 0 aliphatic carbocycles. The van der Waals surface area contributed by atoms with Crippen LogP contribution in [0.2, 0.25) is 0 Å². The maximum absolute atomic E-state index is 8.96. The Bertz CT molecular complexity index is 233. The van der Waals surface area contributed by atoms with Crippen molar-refractivity contribution in [1.82, 2.24) is 4.98 Å². The summed E-state index contributed by atoms with van der Waals surface area (Å²) in [5, 5.41) is 9.59. The molecule has 3 heteroatoms. The summed E-state index contributed by atoms with van der Waals surface area (Å²) >= 11 is 1.85. The second-order valence-corrected chi connectivity index (χ2v) is 4.43. The normalized spacial score (nSPS) is 10.6. The van der Waals surface area contributed by atoms with E-state index in [1.807, 2.05) is 17.8 Å². The fourth-order valence-corrected chi connectivity index (χ4v) is 1.43. The second kappa shape index (κ2) is 4.36. The van der Waals surface area contributed by atoms with Gasteiger partial charge in [0.25, 0.3) is 0 Å². The number of rotatable bonds is 3. The number of thioether (sulfide) groups is 1. The third kappa shape index (κ3) is 3.13. The molecule has 1 rings (SSSR count). The van der Waals surface area contributed by atoms with Gasteiger partial charge < -0.3 is 5.11 Å². The summed E-state index contributed by atoms with van der Waals surface area (Å²) in [6.07, 6.45) is 1.48. The number of nitrogens with zero attached hydrogens (tertiary/aromatic N) is 1. The van der Waals surface area contributed by atoms with Crippen LogP contribution in [0.25, 0.3) is 0 Å². The van der Waals surface area contributed by atoms with Gasteiger partial charge in [0, 0.05) is 5.75 Å². The first-order chi connectivity index (χ1) is 5.68. The predicted molar refractivity (Wildman–Crippen MR) is 52.3 cm³/mol. The average molecular weight is 183 g/mol. The van der Waals surface area contributed by atoms with Crippen molar-refractivity contribution in [3.63, 3.8) is 0 Å². The maximum atomic E-state index is 8.96. The lowest BCUT2D eigenvalue weighted by Gasteiger charge is -2.03. The molecule has 0 amide bonds. The Morgan fingerprint density at radius 1 is 1.50 bits per heavy atom. The molecule has 12 heavy (non-hydrogen) atoms. The van der Waals surface area contributed by atoms with Gasteiger partial charge in [0.05, 0.1) is 11.9 Å². The molecule has 0 saturated carbocycles. The molecule has 0 unspecified atom stereocenters. The molecular weight excluding hydrogens is 170 g/mol. The third-order valence-corrected chi connectivity index (χ3v) is 2.50. The Kier molecular flexibility index (Phi) is 3.41. The SMILES string of the molecule is CC(C)SCc1ccc(O)cn1. The van der Waals surface area contributed by atoms with Gasteiger partial charge in [-0.05, 0) is 17.4 Å². The van der Waals surface area contributed by atoms with E-state index in [9.17, 15) is 0 Å². The minimum absolute atomic E-state index is 0.230. The molecule has 0 spiro atoms. The van der Waals surface area contributed by atoms with E-state index < -0.39 is 0 Å². The van der Waals surface area contributed by atoms with Crippen molar-refractivity contribution in [1.29, 1.82) is 0 Å². The van der Waals surface area contributed by atoms with E-state index in [1.54, 1.807) is 6.07 Å². The Morgan fingerprint density at radius 3 is 2.75 bits per heavy atom. The number of pyridine rings is 1. The third-order valence-electron chi connectivity index (χ3n) is 1.37. The highest BCUT2D eigenvalue weighted by Crippen LogP contribution is 2.16. The van der Waals surface area contributed by atoms with Crippen molar-refractivity contribution in [3.8, 4) is 5.75 Å². The molecule has 0 radical (unpaired) electrons. The zero-order valence-corrected chi connectivity index (χ0v) is 8.14. The summed E-state index contributed by atoms with van der Waals surface area (Å²) in [6.45, 7) is 4.32. The lowest BCUT2D eigenvalue weighted by Crippen LogP contribution is -1.90. The molecule has 0 aliphatic rings. The molecule has 0 atom stereocenters. The molecule has 0 aliphatic heterocycles. The molecule has 1 aromatic heterocycles. The van der Waals surface area contributed by atoms with Crippen LogP contribution in [0.4, 0.5) is 0 Å². The molecule has 0 bridgehead atoms. The van der Waals surface area contributed by atoms with E-state index >= 15 is 0 Å². The monoisotopic (exact) mass is 183 g/mol. The number of aromatic hydroxyl groups is 1. The van der Waals surface area contributed by atoms with Crippen LogP contribution in [-0.2, 0) is 5.75 Å². The zero-order valence-electron chi connectivity index (χ0n) is 7.32. The first-order valence-corrected chi connectivity index (χ1v) is 4.99. The quantitative estimate of drug-likeness (QED) is 0.781. The minimum atomic E-state index is 0.230. The van der Waals surface area contributed by atoms with E-state index in [0.29, 0.717) is 5.25 Å². The summed E-state index contributed by atoms with van der Waals surface area (Å²) in [4.78, 5) is 4.08. The van der Waals surface area contributed by atoms with Crippen LogP contribution in [0.3, 0.4) is 0 Å². The van der Waals surface area contributed by atoms with Crippen molar-refractivity contribution >= 4 is 11.8 Å². The fourth-order valence-electron chi connectivity index (χ4n) is 0.754. The Labute approximate surface area is 77.0 Å². The van der Waals surface area contributed by atoms with Crippen molar-refractivity contribution < 1.29 is 5.11 Å². The molecule has 0 saturated heterocycles. The van der Waals surface area contributed by atoms with Crippen molar-refractivity contribution in [3.05, 3.63) is 24.0 Å². The van der Waals surface area contributed by atoms with E-state index in [-0.39, 0.29) is 5.75 Å². The molecule has 66 valence electrons. The highest BCUT2D eigenvalue weighted by atomic mass is 32.2. The van der Waals surface area contributed by atoms with Gasteiger partial charge in [-0.1, -0.05) is 13.8 Å². The van der Waals surface area contributed by atoms with Gasteiger partial charge in [0.2, 0.25) is 0 Å². The van der Waals surface area contributed by atoms with Gasteiger partial charge in [-0.25, -0.2) is 0 Å². The summed E-state index contributed by atoms with van der Waals surface area (Å²) in [5.41, 5.74) is 1.02. The van der Waals surface area contributed by atoms with Gasteiger partial charge in [-0.3, -0.25) is 4.98 Å². The van der Waals surface area contributed by atoms with Crippen LogP contribution >= 0.6 is 11.8 Å². The highest BCUT2D eigenvalue weighted by molar-refractivity contribution is 7.99. The number of hydrogen-bond donors (Lipinski definition) is 1. The molecule has 1 aromatic rings. The van der Waals surface area contributed by atoms with Crippen LogP contribution in [0.5, 0.6) is 5.75 Å².